The third-order valence-corrected chi connectivity index (χ3v) is 5.73. The molecule has 1 fully saturated rings. The van der Waals surface area contributed by atoms with Crippen molar-refractivity contribution in [2.24, 2.45) is 0 Å². The van der Waals surface area contributed by atoms with Crippen LogP contribution in [0.5, 0.6) is 0 Å². The second-order valence-corrected chi connectivity index (χ2v) is 7.85. The van der Waals surface area contributed by atoms with E-state index in [0.717, 1.165) is 28.6 Å². The van der Waals surface area contributed by atoms with Crippen molar-refractivity contribution in [3.05, 3.63) is 77.5 Å². The number of fused-ring (bicyclic) bond motifs is 1. The molecule has 0 saturated carbocycles. The molecule has 0 bridgehead atoms. The van der Waals surface area contributed by atoms with Gasteiger partial charge in [-0.2, -0.15) is 0 Å². The van der Waals surface area contributed by atoms with Crippen molar-refractivity contribution < 1.29 is 14.3 Å². The van der Waals surface area contributed by atoms with Crippen LogP contribution in [0.1, 0.15) is 34.0 Å². The van der Waals surface area contributed by atoms with Crippen LogP contribution in [0.15, 0.2) is 60.7 Å². The average molecular weight is 418 g/mol. The first kappa shape index (κ1) is 21.0. The summed E-state index contributed by atoms with van der Waals surface area (Å²) in [5.74, 6) is 0.119. The minimum absolute atomic E-state index is 0.120. The Morgan fingerprint density at radius 1 is 1.13 bits per heavy atom. The van der Waals surface area contributed by atoms with Gasteiger partial charge in [-0.15, -0.1) is 0 Å². The number of ether oxygens (including phenoxy) is 1. The zero-order chi connectivity index (χ0) is 21.6. The molecule has 1 aromatic heterocycles. The van der Waals surface area contributed by atoms with Crippen LogP contribution in [0, 0.1) is 0 Å². The van der Waals surface area contributed by atoms with Crippen molar-refractivity contribution >= 4 is 22.7 Å². The van der Waals surface area contributed by atoms with E-state index in [4.69, 9.17) is 9.72 Å². The molecule has 6 nitrogen and oxygen atoms in total. The molecule has 160 valence electrons. The summed E-state index contributed by atoms with van der Waals surface area (Å²) in [6.45, 7) is 2.25. The van der Waals surface area contributed by atoms with E-state index >= 15 is 0 Å². The normalized spacial score (nSPS) is 15.9. The average Bonchev–Trinajstić information content (AvgIpc) is 3.30. The van der Waals surface area contributed by atoms with Crippen molar-refractivity contribution in [1.29, 1.82) is 0 Å². The molecule has 4 rings (SSSR count). The molecule has 2 heterocycles. The summed E-state index contributed by atoms with van der Waals surface area (Å²) in [5.41, 5.74) is 3.30. The number of benzene rings is 2. The molecule has 1 atom stereocenters. The number of para-hydroxylation sites is 1. The van der Waals surface area contributed by atoms with E-state index in [1.54, 1.807) is 7.11 Å². The maximum Gasteiger partial charge on any atom is 0.252 e. The Balaban J connectivity index is 1.53. The quantitative estimate of drug-likeness (QED) is 0.600. The second kappa shape index (κ2) is 9.71. The van der Waals surface area contributed by atoms with Crippen LogP contribution in [-0.4, -0.2) is 55.0 Å². The van der Waals surface area contributed by atoms with Gasteiger partial charge in [0.25, 0.3) is 5.91 Å². The van der Waals surface area contributed by atoms with Gasteiger partial charge in [-0.25, -0.2) is 0 Å². The number of pyridine rings is 1. The van der Waals surface area contributed by atoms with E-state index in [0.29, 0.717) is 38.2 Å². The number of hydrogen-bond acceptors (Lipinski definition) is 4. The first-order chi connectivity index (χ1) is 15.2. The number of carbonyl (C=O) groups excluding carboxylic acids is 2. The van der Waals surface area contributed by atoms with Gasteiger partial charge in [0.2, 0.25) is 5.91 Å². The molecule has 2 aromatic carbocycles. The molecule has 1 aliphatic rings. The molecule has 1 N–H and O–H groups in total. The zero-order valence-electron chi connectivity index (χ0n) is 17.7. The highest BCUT2D eigenvalue weighted by atomic mass is 16.5. The van der Waals surface area contributed by atoms with E-state index in [-0.39, 0.29) is 17.7 Å². The number of likely N-dealkylation sites (tertiary alicyclic amines) is 1. The molecular formula is C25H27N3O3. The molecule has 0 spiro atoms. The van der Waals surface area contributed by atoms with Gasteiger partial charge in [0.1, 0.15) is 0 Å². The lowest BCUT2D eigenvalue weighted by atomic mass is 9.99. The summed E-state index contributed by atoms with van der Waals surface area (Å²) >= 11 is 0. The number of methoxy groups -OCH3 is 1. The molecule has 1 saturated heterocycles. The first-order valence-electron chi connectivity index (χ1n) is 10.6. The largest absolute Gasteiger partial charge is 0.383 e. The fourth-order valence-electron chi connectivity index (χ4n) is 4.07. The standard InChI is InChI=1S/C25H27N3O3/c1-31-14-12-26-25(30)21-16-23(27-22-10-6-5-9-20(21)22)19-11-13-28(17-19)24(29)15-18-7-3-2-4-8-18/h2-10,16,19H,11-15,17H2,1H3,(H,26,30)/t19-/m1/s1. The van der Waals surface area contributed by atoms with Gasteiger partial charge in [-0.3, -0.25) is 14.6 Å². The number of nitrogens with one attached hydrogen (secondary N) is 1. The summed E-state index contributed by atoms with van der Waals surface area (Å²) in [7, 11) is 1.61. The predicted molar refractivity (Wildman–Crippen MR) is 120 cm³/mol. The van der Waals surface area contributed by atoms with Gasteiger partial charge in [-0.05, 0) is 24.1 Å². The molecular weight excluding hydrogens is 390 g/mol. The zero-order valence-corrected chi connectivity index (χ0v) is 17.7. The summed E-state index contributed by atoms with van der Waals surface area (Å²) < 4.78 is 5.03. The van der Waals surface area contributed by atoms with Gasteiger partial charge in [0.05, 0.1) is 24.1 Å². The SMILES string of the molecule is COCCNC(=O)c1cc([C@@H]2CCN(C(=O)Cc3ccccc3)C2)nc2ccccc12. The third kappa shape index (κ3) is 4.91. The molecule has 2 amide bonds. The van der Waals surface area contributed by atoms with Crippen LogP contribution < -0.4 is 5.32 Å². The Kier molecular flexibility index (Phi) is 6.57. The van der Waals surface area contributed by atoms with Gasteiger partial charge < -0.3 is 15.0 Å². The van der Waals surface area contributed by atoms with Gasteiger partial charge in [0.15, 0.2) is 0 Å². The first-order valence-corrected chi connectivity index (χ1v) is 10.6. The van der Waals surface area contributed by atoms with Crippen LogP contribution >= 0.6 is 0 Å². The molecule has 6 heteroatoms. The van der Waals surface area contributed by atoms with E-state index in [1.807, 2.05) is 65.6 Å². The summed E-state index contributed by atoms with van der Waals surface area (Å²) in [6, 6.07) is 19.4. The lowest BCUT2D eigenvalue weighted by molar-refractivity contribution is -0.129. The maximum atomic E-state index is 12.8. The van der Waals surface area contributed by atoms with Crippen molar-refractivity contribution in [1.82, 2.24) is 15.2 Å². The van der Waals surface area contributed by atoms with Gasteiger partial charge in [0, 0.05) is 43.7 Å². The second-order valence-electron chi connectivity index (χ2n) is 7.85. The number of hydrogen-bond donors (Lipinski definition) is 1. The van der Waals surface area contributed by atoms with Crippen LogP contribution in [0.2, 0.25) is 0 Å². The maximum absolute atomic E-state index is 12.8. The predicted octanol–water partition coefficient (Wildman–Crippen LogP) is 3.17. The van der Waals surface area contributed by atoms with E-state index in [2.05, 4.69) is 5.32 Å². The number of nitrogens with zero attached hydrogens (tertiary/aromatic N) is 2. The molecule has 31 heavy (non-hydrogen) atoms. The Morgan fingerprint density at radius 2 is 1.90 bits per heavy atom. The molecule has 3 aromatic rings. The van der Waals surface area contributed by atoms with Crippen LogP contribution in [0.3, 0.4) is 0 Å². The number of rotatable bonds is 7. The Morgan fingerprint density at radius 3 is 2.71 bits per heavy atom. The Hall–Kier alpha value is -3.25. The summed E-state index contributed by atoms with van der Waals surface area (Å²) in [6.07, 6.45) is 1.25. The van der Waals surface area contributed by atoms with Crippen LogP contribution in [-0.2, 0) is 16.0 Å². The molecule has 0 radical (unpaired) electrons. The number of carbonyl (C=O) groups is 2. The van der Waals surface area contributed by atoms with E-state index < -0.39 is 0 Å². The summed E-state index contributed by atoms with van der Waals surface area (Å²) in [5, 5.41) is 3.74. The lowest BCUT2D eigenvalue weighted by Crippen LogP contribution is -2.30. The highest BCUT2D eigenvalue weighted by Gasteiger charge is 2.29. The van der Waals surface area contributed by atoms with Crippen LogP contribution in [0.4, 0.5) is 0 Å². The topological polar surface area (TPSA) is 71.5 Å². The van der Waals surface area contributed by atoms with E-state index in [1.165, 1.54) is 0 Å². The minimum atomic E-state index is -0.132. The minimum Gasteiger partial charge on any atom is -0.383 e. The van der Waals surface area contributed by atoms with Crippen molar-refractivity contribution in [3.63, 3.8) is 0 Å². The van der Waals surface area contributed by atoms with E-state index in [9.17, 15) is 9.59 Å². The molecule has 0 aliphatic carbocycles. The highest BCUT2D eigenvalue weighted by Crippen LogP contribution is 2.29. The number of amides is 2. The number of aromatic nitrogens is 1. The lowest BCUT2D eigenvalue weighted by Gasteiger charge is -2.17. The van der Waals surface area contributed by atoms with Crippen molar-refractivity contribution in [3.8, 4) is 0 Å². The van der Waals surface area contributed by atoms with Crippen molar-refractivity contribution in [2.45, 2.75) is 18.8 Å². The van der Waals surface area contributed by atoms with Gasteiger partial charge in [-0.1, -0.05) is 48.5 Å². The van der Waals surface area contributed by atoms with Crippen LogP contribution in [0.25, 0.3) is 10.9 Å². The molecule has 1 aliphatic heterocycles. The smallest absolute Gasteiger partial charge is 0.252 e. The Bertz CT molecular complexity index is 1070. The fraction of sp³-hybridized carbons (Fsp3) is 0.320. The third-order valence-electron chi connectivity index (χ3n) is 5.73. The Labute approximate surface area is 182 Å². The highest BCUT2D eigenvalue weighted by molar-refractivity contribution is 6.06. The summed E-state index contributed by atoms with van der Waals surface area (Å²) in [4.78, 5) is 32.3. The molecule has 0 unspecified atom stereocenters. The fourth-order valence-corrected chi connectivity index (χ4v) is 4.07. The van der Waals surface area contributed by atoms with Crippen molar-refractivity contribution in [2.75, 3.05) is 33.4 Å². The monoisotopic (exact) mass is 417 g/mol. The van der Waals surface area contributed by atoms with Gasteiger partial charge >= 0.3 is 0 Å².